The fourth-order valence-corrected chi connectivity index (χ4v) is 4.54. The molecule has 7 nitrogen and oxygen atoms in total. The Labute approximate surface area is 180 Å². The van der Waals surface area contributed by atoms with Crippen LogP contribution in [0.25, 0.3) is 21.7 Å². The first-order valence-corrected chi connectivity index (χ1v) is 10.9. The predicted molar refractivity (Wildman–Crippen MR) is 116 cm³/mol. The molecule has 1 unspecified atom stereocenters. The molecule has 0 bridgehead atoms. The maximum absolute atomic E-state index is 12.4. The first-order valence-electron chi connectivity index (χ1n) is 10.9. The van der Waals surface area contributed by atoms with Gasteiger partial charge in [-0.2, -0.15) is 0 Å². The van der Waals surface area contributed by atoms with Crippen molar-refractivity contribution in [3.8, 4) is 5.75 Å². The van der Waals surface area contributed by atoms with Crippen LogP contribution in [0.3, 0.4) is 0 Å². The summed E-state index contributed by atoms with van der Waals surface area (Å²) >= 11 is 0. The van der Waals surface area contributed by atoms with Gasteiger partial charge in [0.15, 0.2) is 0 Å². The molecule has 5 rings (SSSR count). The minimum absolute atomic E-state index is 0.216. The van der Waals surface area contributed by atoms with Gasteiger partial charge in [-0.15, -0.1) is 0 Å². The number of hydrogen-bond acceptors (Lipinski definition) is 6. The van der Waals surface area contributed by atoms with E-state index < -0.39 is 0 Å². The normalized spacial score (nSPS) is 20.3. The first-order chi connectivity index (χ1) is 15.2. The van der Waals surface area contributed by atoms with Gasteiger partial charge in [-0.25, -0.2) is 0 Å². The van der Waals surface area contributed by atoms with E-state index in [0.29, 0.717) is 25.5 Å². The zero-order valence-electron chi connectivity index (χ0n) is 17.3. The van der Waals surface area contributed by atoms with Gasteiger partial charge in [0.1, 0.15) is 17.9 Å². The topological polar surface area (TPSA) is 89.8 Å². The largest absolute Gasteiger partial charge is 0.492 e. The molecule has 0 saturated carbocycles. The quantitative estimate of drug-likeness (QED) is 0.468. The Hall–Kier alpha value is -2.90. The molecule has 1 aromatic heterocycles. The van der Waals surface area contributed by atoms with E-state index in [2.05, 4.69) is 10.6 Å². The highest BCUT2D eigenvalue weighted by molar-refractivity contribution is 6.10. The molecular formula is C24H26N2O5. The molecule has 31 heavy (non-hydrogen) atoms. The summed E-state index contributed by atoms with van der Waals surface area (Å²) in [7, 11) is 0. The van der Waals surface area contributed by atoms with Crippen molar-refractivity contribution in [2.45, 2.75) is 37.6 Å². The van der Waals surface area contributed by atoms with Crippen molar-refractivity contribution in [1.29, 1.82) is 0 Å². The highest BCUT2D eigenvalue weighted by Crippen LogP contribution is 2.37. The Morgan fingerprint density at radius 1 is 1.10 bits per heavy atom. The second-order valence-electron chi connectivity index (χ2n) is 8.21. The average molecular weight is 422 g/mol. The van der Waals surface area contributed by atoms with Gasteiger partial charge in [0.25, 0.3) is 0 Å². The number of carbonyl (C=O) groups is 2. The molecule has 3 aromatic rings. The van der Waals surface area contributed by atoms with Gasteiger partial charge in [0.05, 0.1) is 12.2 Å². The van der Waals surface area contributed by atoms with Crippen LogP contribution in [0.2, 0.25) is 0 Å². The zero-order valence-corrected chi connectivity index (χ0v) is 17.3. The summed E-state index contributed by atoms with van der Waals surface area (Å²) in [6.07, 6.45) is 4.58. The van der Waals surface area contributed by atoms with E-state index in [1.54, 1.807) is 6.26 Å². The smallest absolute Gasteiger partial charge is 0.234 e. The van der Waals surface area contributed by atoms with Crippen LogP contribution in [0.1, 0.15) is 37.2 Å². The highest BCUT2D eigenvalue weighted by Gasteiger charge is 2.31. The Morgan fingerprint density at radius 3 is 2.81 bits per heavy atom. The number of ether oxygens (including phenoxy) is 2. The predicted octanol–water partition coefficient (Wildman–Crippen LogP) is 3.25. The fourth-order valence-electron chi connectivity index (χ4n) is 4.54. The van der Waals surface area contributed by atoms with Crippen LogP contribution in [0.5, 0.6) is 5.75 Å². The van der Waals surface area contributed by atoms with Crippen LogP contribution in [0, 0.1) is 0 Å². The van der Waals surface area contributed by atoms with Crippen molar-refractivity contribution in [3.05, 3.63) is 42.2 Å². The summed E-state index contributed by atoms with van der Waals surface area (Å²) in [6, 6.07) is 10.4. The van der Waals surface area contributed by atoms with Gasteiger partial charge in [0, 0.05) is 43.2 Å². The third-order valence-electron chi connectivity index (χ3n) is 6.19. The lowest BCUT2D eigenvalue weighted by Crippen LogP contribution is -2.39. The summed E-state index contributed by atoms with van der Waals surface area (Å²) in [4.78, 5) is 23.9. The van der Waals surface area contributed by atoms with E-state index >= 15 is 0 Å². The number of furan rings is 1. The van der Waals surface area contributed by atoms with Crippen molar-refractivity contribution in [3.63, 3.8) is 0 Å². The van der Waals surface area contributed by atoms with Crippen LogP contribution in [-0.4, -0.2) is 44.2 Å². The molecule has 2 N–H and O–H groups in total. The van der Waals surface area contributed by atoms with Crippen LogP contribution in [-0.2, 0) is 14.3 Å². The Balaban J connectivity index is 1.33. The van der Waals surface area contributed by atoms with E-state index in [0.717, 1.165) is 65.7 Å². The minimum atomic E-state index is -0.378. The maximum Gasteiger partial charge on any atom is 0.234 e. The molecular weight excluding hydrogens is 396 g/mol. The van der Waals surface area contributed by atoms with Gasteiger partial charge >= 0.3 is 0 Å². The highest BCUT2D eigenvalue weighted by atomic mass is 16.5. The lowest BCUT2D eigenvalue weighted by atomic mass is 9.89. The molecule has 3 heterocycles. The van der Waals surface area contributed by atoms with Crippen molar-refractivity contribution in [2.75, 3.05) is 26.4 Å². The van der Waals surface area contributed by atoms with Crippen LogP contribution in [0.4, 0.5) is 0 Å². The second kappa shape index (κ2) is 8.69. The minimum Gasteiger partial charge on any atom is -0.492 e. The summed E-state index contributed by atoms with van der Waals surface area (Å²) in [5, 5.41) is 8.93. The summed E-state index contributed by atoms with van der Waals surface area (Å²) in [6.45, 7) is 3.04. The van der Waals surface area contributed by atoms with Crippen LogP contribution in [0.15, 0.2) is 41.0 Å². The molecule has 7 heteroatoms. The summed E-state index contributed by atoms with van der Waals surface area (Å²) in [5.41, 5.74) is 1.57. The zero-order chi connectivity index (χ0) is 21.2. The molecule has 2 saturated heterocycles. The third-order valence-corrected chi connectivity index (χ3v) is 6.19. The molecule has 2 aromatic carbocycles. The third kappa shape index (κ3) is 4.16. The number of nitrogens with one attached hydrogen (secondary N) is 2. The van der Waals surface area contributed by atoms with Gasteiger partial charge < -0.3 is 19.2 Å². The SMILES string of the molecule is O=C1CCC(c2coc3ccc4cc(OCCNC5CCOCC5)ccc4c23)C(=O)N1. The fraction of sp³-hybridized carbons (Fsp3) is 0.417. The van der Waals surface area contributed by atoms with E-state index in [9.17, 15) is 9.59 Å². The molecule has 162 valence electrons. The Morgan fingerprint density at radius 2 is 1.97 bits per heavy atom. The monoisotopic (exact) mass is 422 g/mol. The molecule has 2 aliphatic heterocycles. The van der Waals surface area contributed by atoms with Crippen molar-refractivity contribution in [2.24, 2.45) is 0 Å². The molecule has 0 aliphatic carbocycles. The number of rotatable bonds is 6. The van der Waals surface area contributed by atoms with Gasteiger partial charge in [0.2, 0.25) is 11.8 Å². The maximum atomic E-state index is 12.4. The van der Waals surface area contributed by atoms with E-state index in [1.807, 2.05) is 30.3 Å². The van der Waals surface area contributed by atoms with Crippen molar-refractivity contribution < 1.29 is 23.5 Å². The number of fused-ring (bicyclic) bond motifs is 3. The molecule has 1 atom stereocenters. The number of piperidine rings is 1. The number of benzene rings is 2. The van der Waals surface area contributed by atoms with E-state index in [-0.39, 0.29) is 17.7 Å². The van der Waals surface area contributed by atoms with Crippen molar-refractivity contribution >= 4 is 33.6 Å². The van der Waals surface area contributed by atoms with E-state index in [4.69, 9.17) is 13.9 Å². The second-order valence-corrected chi connectivity index (χ2v) is 8.21. The molecule has 0 spiro atoms. The summed E-state index contributed by atoms with van der Waals surface area (Å²) < 4.78 is 17.1. The average Bonchev–Trinajstić information content (AvgIpc) is 3.21. The lowest BCUT2D eigenvalue weighted by Gasteiger charge is -2.23. The Kier molecular flexibility index (Phi) is 5.61. The molecule has 2 amide bonds. The van der Waals surface area contributed by atoms with Crippen LogP contribution >= 0.6 is 0 Å². The number of hydrogen-bond donors (Lipinski definition) is 2. The number of amides is 2. The van der Waals surface area contributed by atoms with Crippen LogP contribution < -0.4 is 15.4 Å². The van der Waals surface area contributed by atoms with Gasteiger partial charge in [-0.05, 0) is 54.3 Å². The van der Waals surface area contributed by atoms with Gasteiger partial charge in [-0.1, -0.05) is 6.07 Å². The van der Waals surface area contributed by atoms with E-state index in [1.165, 1.54) is 0 Å². The lowest BCUT2D eigenvalue weighted by molar-refractivity contribution is -0.134. The number of carbonyl (C=O) groups excluding carboxylic acids is 2. The summed E-state index contributed by atoms with van der Waals surface area (Å²) in [5.74, 6) is -0.0386. The molecule has 2 aliphatic rings. The Bertz CT molecular complexity index is 1120. The van der Waals surface area contributed by atoms with Crippen molar-refractivity contribution in [1.82, 2.24) is 10.6 Å². The first kappa shape index (κ1) is 20.0. The number of imide groups is 1. The molecule has 2 fully saturated rings. The molecule has 0 radical (unpaired) electrons. The van der Waals surface area contributed by atoms with Gasteiger partial charge in [-0.3, -0.25) is 14.9 Å². The standard InChI is InChI=1S/C24H26N2O5/c27-22-6-4-19(24(28)26-22)20-14-31-21-5-1-15-13-17(2-3-18(15)23(20)21)30-12-9-25-16-7-10-29-11-8-16/h1-3,5,13-14,16,19,25H,4,6-12H2,(H,26,27,28).